The van der Waals surface area contributed by atoms with Gasteiger partial charge in [-0.15, -0.1) is 0 Å². The Bertz CT molecular complexity index is 1180. The first-order valence-electron chi connectivity index (χ1n) is 12.2. The van der Waals surface area contributed by atoms with E-state index in [9.17, 15) is 5.11 Å². The minimum atomic E-state index is -0.977. The molecule has 174 valence electrons. The van der Waals surface area contributed by atoms with Crippen molar-refractivity contribution < 1.29 is 5.11 Å². The maximum absolute atomic E-state index is 12.1. The minimum absolute atomic E-state index is 0.164. The summed E-state index contributed by atoms with van der Waals surface area (Å²) in [5.74, 6) is 0.164. The van der Waals surface area contributed by atoms with Crippen molar-refractivity contribution in [2.45, 2.75) is 38.8 Å². The fourth-order valence-corrected chi connectivity index (χ4v) is 5.35. The molecule has 5 rings (SSSR count). The summed E-state index contributed by atoms with van der Waals surface area (Å²) >= 11 is 0. The van der Waals surface area contributed by atoms with Crippen molar-refractivity contribution in [2.24, 2.45) is 5.92 Å². The van der Waals surface area contributed by atoms with E-state index in [2.05, 4.69) is 71.4 Å². The predicted molar refractivity (Wildman–Crippen MR) is 137 cm³/mol. The van der Waals surface area contributed by atoms with Gasteiger partial charge in [0.15, 0.2) is 0 Å². The highest BCUT2D eigenvalue weighted by atomic mass is 16.3. The molecule has 0 radical (unpaired) electrons. The standard InChI is InChI=1S/C30H33N3O/c1-22-13-14-24(19-23(22)2)29-25(20-31-32-29)21-33-17-15-28(16-18-33)30(34,26-9-5-3-6-10-26)27-11-7-4-8-12-27/h3-14,19-20,28,34H,15-18,21H2,1-2H3,(H,31,32). The lowest BCUT2D eigenvalue weighted by Gasteiger charge is -2.42. The van der Waals surface area contributed by atoms with Gasteiger partial charge in [-0.25, -0.2) is 0 Å². The van der Waals surface area contributed by atoms with Gasteiger partial charge >= 0.3 is 0 Å². The summed E-state index contributed by atoms with van der Waals surface area (Å²) in [7, 11) is 0. The third-order valence-electron chi connectivity index (χ3n) is 7.51. The van der Waals surface area contributed by atoms with E-state index in [1.807, 2.05) is 42.6 Å². The molecular weight excluding hydrogens is 418 g/mol. The molecule has 3 aromatic carbocycles. The van der Waals surface area contributed by atoms with Crippen molar-refractivity contribution in [3.8, 4) is 11.3 Å². The van der Waals surface area contributed by atoms with Crippen LogP contribution in [0.4, 0.5) is 0 Å². The summed E-state index contributed by atoms with van der Waals surface area (Å²) in [6.07, 6.45) is 3.84. The van der Waals surface area contributed by atoms with Crippen LogP contribution in [0.5, 0.6) is 0 Å². The molecule has 1 fully saturated rings. The number of nitrogens with one attached hydrogen (secondary N) is 1. The number of aromatic amines is 1. The molecule has 2 N–H and O–H groups in total. The normalized spacial score (nSPS) is 15.5. The number of nitrogens with zero attached hydrogens (tertiary/aromatic N) is 2. The first-order valence-corrected chi connectivity index (χ1v) is 12.2. The van der Waals surface area contributed by atoms with Gasteiger partial charge in [0.25, 0.3) is 0 Å². The zero-order chi connectivity index (χ0) is 23.5. The maximum atomic E-state index is 12.1. The van der Waals surface area contributed by atoms with Gasteiger partial charge in [-0.05, 0) is 74.0 Å². The van der Waals surface area contributed by atoms with Crippen LogP contribution in [0, 0.1) is 19.8 Å². The molecule has 0 atom stereocenters. The molecule has 4 heteroatoms. The van der Waals surface area contributed by atoms with E-state index in [1.54, 1.807) is 0 Å². The van der Waals surface area contributed by atoms with Crippen LogP contribution >= 0.6 is 0 Å². The van der Waals surface area contributed by atoms with Crippen LogP contribution in [0.3, 0.4) is 0 Å². The van der Waals surface area contributed by atoms with Crippen LogP contribution in [0.15, 0.2) is 85.1 Å². The largest absolute Gasteiger partial charge is 0.380 e. The molecule has 0 saturated carbocycles. The Labute approximate surface area is 202 Å². The topological polar surface area (TPSA) is 52.2 Å². The Morgan fingerprint density at radius 1 is 0.882 bits per heavy atom. The molecule has 4 aromatic rings. The molecule has 1 aromatic heterocycles. The summed E-state index contributed by atoms with van der Waals surface area (Å²) in [5, 5.41) is 19.7. The van der Waals surface area contributed by atoms with Crippen LogP contribution in [-0.4, -0.2) is 33.3 Å². The number of likely N-dealkylation sites (tertiary alicyclic amines) is 1. The average Bonchev–Trinajstić information content (AvgIpc) is 3.35. The van der Waals surface area contributed by atoms with Gasteiger partial charge in [0.1, 0.15) is 5.60 Å². The summed E-state index contributed by atoms with van der Waals surface area (Å²) in [6.45, 7) is 7.05. The molecule has 1 saturated heterocycles. The average molecular weight is 452 g/mol. The number of hydrogen-bond acceptors (Lipinski definition) is 3. The highest BCUT2D eigenvalue weighted by Crippen LogP contribution is 2.42. The Hall–Kier alpha value is -3.21. The van der Waals surface area contributed by atoms with Gasteiger partial charge in [-0.2, -0.15) is 5.10 Å². The van der Waals surface area contributed by atoms with Gasteiger partial charge in [-0.1, -0.05) is 72.8 Å². The first kappa shape index (κ1) is 22.6. The third kappa shape index (κ3) is 4.31. The molecule has 2 heterocycles. The Morgan fingerprint density at radius 2 is 1.50 bits per heavy atom. The molecule has 1 aliphatic heterocycles. The smallest absolute Gasteiger partial charge is 0.117 e. The van der Waals surface area contributed by atoms with E-state index in [0.717, 1.165) is 49.3 Å². The van der Waals surface area contributed by atoms with Gasteiger partial charge < -0.3 is 5.11 Å². The molecule has 0 amide bonds. The quantitative estimate of drug-likeness (QED) is 0.387. The number of aryl methyl sites for hydroxylation is 2. The fraction of sp³-hybridized carbons (Fsp3) is 0.300. The minimum Gasteiger partial charge on any atom is -0.380 e. The van der Waals surface area contributed by atoms with Crippen molar-refractivity contribution >= 4 is 0 Å². The predicted octanol–water partition coefficient (Wildman–Crippen LogP) is 5.84. The highest BCUT2D eigenvalue weighted by Gasteiger charge is 2.41. The number of piperidine rings is 1. The third-order valence-corrected chi connectivity index (χ3v) is 7.51. The van der Waals surface area contributed by atoms with Crippen molar-refractivity contribution in [3.63, 3.8) is 0 Å². The van der Waals surface area contributed by atoms with Crippen LogP contribution in [-0.2, 0) is 12.1 Å². The second-order valence-electron chi connectivity index (χ2n) is 9.62. The van der Waals surface area contributed by atoms with Crippen LogP contribution in [0.1, 0.15) is 40.7 Å². The summed E-state index contributed by atoms with van der Waals surface area (Å²) in [5.41, 5.74) is 7.09. The molecule has 0 aliphatic carbocycles. The zero-order valence-corrected chi connectivity index (χ0v) is 20.0. The number of aromatic nitrogens is 2. The number of benzene rings is 3. The van der Waals surface area contributed by atoms with E-state index in [4.69, 9.17) is 0 Å². The molecule has 0 bridgehead atoms. The molecule has 0 unspecified atom stereocenters. The summed E-state index contributed by atoms with van der Waals surface area (Å²) in [4.78, 5) is 2.49. The molecule has 34 heavy (non-hydrogen) atoms. The monoisotopic (exact) mass is 451 g/mol. The lowest BCUT2D eigenvalue weighted by molar-refractivity contribution is -0.0152. The fourth-order valence-electron chi connectivity index (χ4n) is 5.35. The number of aliphatic hydroxyl groups is 1. The molecule has 0 spiro atoms. The highest BCUT2D eigenvalue weighted by molar-refractivity contribution is 5.64. The summed E-state index contributed by atoms with van der Waals surface area (Å²) in [6, 6.07) is 26.9. The van der Waals surface area contributed by atoms with Crippen molar-refractivity contribution in [2.75, 3.05) is 13.1 Å². The van der Waals surface area contributed by atoms with Crippen molar-refractivity contribution in [1.29, 1.82) is 0 Å². The van der Waals surface area contributed by atoms with E-state index < -0.39 is 5.60 Å². The molecule has 4 nitrogen and oxygen atoms in total. The molecular formula is C30H33N3O. The van der Waals surface area contributed by atoms with Crippen molar-refractivity contribution in [3.05, 3.63) is 113 Å². The van der Waals surface area contributed by atoms with Crippen LogP contribution in [0.2, 0.25) is 0 Å². The van der Waals surface area contributed by atoms with Gasteiger partial charge in [-0.3, -0.25) is 10.00 Å². The van der Waals surface area contributed by atoms with Crippen LogP contribution in [0.25, 0.3) is 11.3 Å². The Morgan fingerprint density at radius 3 is 2.09 bits per heavy atom. The van der Waals surface area contributed by atoms with Gasteiger partial charge in [0.2, 0.25) is 0 Å². The van der Waals surface area contributed by atoms with E-state index >= 15 is 0 Å². The first-order chi connectivity index (χ1) is 16.6. The van der Waals surface area contributed by atoms with E-state index in [1.165, 1.54) is 22.3 Å². The SMILES string of the molecule is Cc1ccc(-c2[nH]ncc2CN2CCC(C(O)(c3ccccc3)c3ccccc3)CC2)cc1C. The number of hydrogen-bond donors (Lipinski definition) is 2. The van der Waals surface area contributed by atoms with E-state index in [-0.39, 0.29) is 5.92 Å². The van der Waals surface area contributed by atoms with Gasteiger partial charge in [0, 0.05) is 17.7 Å². The van der Waals surface area contributed by atoms with E-state index in [0.29, 0.717) is 0 Å². The Kier molecular flexibility index (Phi) is 6.36. The lowest BCUT2D eigenvalue weighted by Crippen LogP contribution is -2.44. The molecule has 1 aliphatic rings. The maximum Gasteiger partial charge on any atom is 0.117 e. The number of H-pyrrole nitrogens is 1. The number of rotatable bonds is 6. The second kappa shape index (κ2) is 9.57. The van der Waals surface area contributed by atoms with Crippen molar-refractivity contribution in [1.82, 2.24) is 15.1 Å². The van der Waals surface area contributed by atoms with Crippen LogP contribution < -0.4 is 0 Å². The summed E-state index contributed by atoms with van der Waals surface area (Å²) < 4.78 is 0. The Balaban J connectivity index is 1.33. The second-order valence-corrected chi connectivity index (χ2v) is 9.62. The van der Waals surface area contributed by atoms with Gasteiger partial charge in [0.05, 0.1) is 11.9 Å². The zero-order valence-electron chi connectivity index (χ0n) is 20.0. The lowest BCUT2D eigenvalue weighted by atomic mass is 9.72.